The summed E-state index contributed by atoms with van der Waals surface area (Å²) in [5.74, 6) is -0.476. The van der Waals surface area contributed by atoms with E-state index in [1.165, 1.54) is 6.07 Å². The first-order chi connectivity index (χ1) is 8.69. The Hall–Kier alpha value is -1.50. The maximum absolute atomic E-state index is 13.6. The van der Waals surface area contributed by atoms with E-state index in [1.807, 2.05) is 0 Å². The van der Waals surface area contributed by atoms with E-state index in [9.17, 15) is 12.8 Å². The van der Waals surface area contributed by atoms with E-state index in [1.54, 1.807) is 13.8 Å². The van der Waals surface area contributed by atoms with Gasteiger partial charge in [-0.15, -0.1) is 0 Å². The van der Waals surface area contributed by atoms with Crippen LogP contribution in [0.1, 0.15) is 13.8 Å². The molecule has 7 heteroatoms. The molecule has 0 aromatic heterocycles. The number of nitrogen functional groups attached to an aromatic ring is 1. The Kier molecular flexibility index (Phi) is 4.99. The topological polar surface area (TPSA) is 81.4 Å². The van der Waals surface area contributed by atoms with Crippen LogP contribution < -0.4 is 15.8 Å². The lowest BCUT2D eigenvalue weighted by Crippen LogP contribution is -2.15. The van der Waals surface area contributed by atoms with E-state index in [0.29, 0.717) is 5.69 Å². The molecule has 0 bridgehead atoms. The third-order valence-corrected chi connectivity index (χ3v) is 3.20. The van der Waals surface area contributed by atoms with Gasteiger partial charge in [0.2, 0.25) is 0 Å². The molecule has 0 saturated heterocycles. The quantitative estimate of drug-likeness (QED) is 0.779. The number of nitrogens with one attached hydrogen (secondary N) is 1. The molecule has 0 aliphatic heterocycles. The largest absolute Gasteiger partial charge is 0.488 e. The predicted octanol–water partition coefficient (Wildman–Crippen LogP) is 1.65. The molecule has 19 heavy (non-hydrogen) atoms. The molecular weight excluding hydrogens is 271 g/mol. The molecule has 0 spiro atoms. The minimum Gasteiger partial charge on any atom is -0.488 e. The molecular formula is C12H19FN2O3S. The van der Waals surface area contributed by atoms with Crippen LogP contribution >= 0.6 is 0 Å². The Bertz CT molecular complexity index is 544. The van der Waals surface area contributed by atoms with Crippen LogP contribution in [0.15, 0.2) is 12.1 Å². The van der Waals surface area contributed by atoms with Gasteiger partial charge in [-0.3, -0.25) is 0 Å². The summed E-state index contributed by atoms with van der Waals surface area (Å²) in [6, 6.07) is 2.59. The second kappa shape index (κ2) is 6.10. The number of sulfone groups is 1. The van der Waals surface area contributed by atoms with E-state index in [2.05, 4.69) is 5.32 Å². The van der Waals surface area contributed by atoms with Crippen LogP contribution in [0.4, 0.5) is 15.8 Å². The van der Waals surface area contributed by atoms with Crippen LogP contribution in [-0.4, -0.2) is 33.1 Å². The Morgan fingerprint density at radius 2 is 2.05 bits per heavy atom. The van der Waals surface area contributed by atoms with Crippen molar-refractivity contribution in [2.45, 2.75) is 20.0 Å². The van der Waals surface area contributed by atoms with Crippen molar-refractivity contribution in [3.05, 3.63) is 17.9 Å². The first-order valence-corrected chi connectivity index (χ1v) is 7.92. The number of anilines is 2. The van der Waals surface area contributed by atoms with Gasteiger partial charge in [0.05, 0.1) is 23.2 Å². The lowest BCUT2D eigenvalue weighted by Gasteiger charge is -2.14. The third-order valence-electron chi connectivity index (χ3n) is 2.26. The highest BCUT2D eigenvalue weighted by atomic mass is 32.2. The summed E-state index contributed by atoms with van der Waals surface area (Å²) in [6.45, 7) is 3.77. The Balaban J connectivity index is 2.83. The van der Waals surface area contributed by atoms with Crippen LogP contribution in [0.5, 0.6) is 5.75 Å². The third kappa shape index (κ3) is 5.34. The first kappa shape index (κ1) is 15.6. The molecule has 0 unspecified atom stereocenters. The van der Waals surface area contributed by atoms with E-state index in [0.717, 1.165) is 12.3 Å². The zero-order chi connectivity index (χ0) is 14.6. The van der Waals surface area contributed by atoms with Crippen molar-refractivity contribution in [2.24, 2.45) is 0 Å². The highest BCUT2D eigenvalue weighted by molar-refractivity contribution is 7.90. The molecule has 0 aliphatic carbocycles. The molecule has 108 valence electrons. The van der Waals surface area contributed by atoms with Gasteiger partial charge in [-0.1, -0.05) is 0 Å². The zero-order valence-electron chi connectivity index (χ0n) is 11.2. The normalized spacial score (nSPS) is 11.6. The van der Waals surface area contributed by atoms with Crippen molar-refractivity contribution in [1.82, 2.24) is 0 Å². The molecule has 1 rings (SSSR count). The van der Waals surface area contributed by atoms with Gasteiger partial charge >= 0.3 is 0 Å². The lowest BCUT2D eigenvalue weighted by molar-refractivity contribution is 0.231. The number of hydrogen-bond donors (Lipinski definition) is 2. The highest BCUT2D eigenvalue weighted by Crippen LogP contribution is 2.28. The minimum absolute atomic E-state index is 0.0236. The van der Waals surface area contributed by atoms with Gasteiger partial charge in [0.25, 0.3) is 0 Å². The zero-order valence-corrected chi connectivity index (χ0v) is 12.1. The van der Waals surface area contributed by atoms with E-state index < -0.39 is 15.7 Å². The molecule has 0 atom stereocenters. The SMILES string of the molecule is CC(C)Oc1cc(NCCS(C)(=O)=O)c(N)cc1F. The van der Waals surface area contributed by atoms with Gasteiger partial charge in [-0.25, -0.2) is 12.8 Å². The standard InChI is InChI=1S/C12H19FN2O3S/c1-8(2)18-12-7-11(10(14)6-9(12)13)15-4-5-19(3,16)17/h6-8,15H,4-5,14H2,1-3H3. The fraction of sp³-hybridized carbons (Fsp3) is 0.500. The molecule has 5 nitrogen and oxygen atoms in total. The number of rotatable bonds is 6. The number of ether oxygens (including phenoxy) is 1. The number of halogens is 1. The maximum Gasteiger partial charge on any atom is 0.167 e. The fourth-order valence-corrected chi connectivity index (χ4v) is 1.91. The number of benzene rings is 1. The molecule has 0 saturated carbocycles. The highest BCUT2D eigenvalue weighted by Gasteiger charge is 2.11. The molecule has 0 fully saturated rings. The van der Waals surface area contributed by atoms with Gasteiger partial charge in [0.1, 0.15) is 9.84 Å². The summed E-state index contributed by atoms with van der Waals surface area (Å²) in [6.07, 6.45) is 0.984. The summed E-state index contributed by atoms with van der Waals surface area (Å²) in [7, 11) is -3.05. The monoisotopic (exact) mass is 290 g/mol. The van der Waals surface area contributed by atoms with Crippen molar-refractivity contribution in [1.29, 1.82) is 0 Å². The van der Waals surface area contributed by atoms with Crippen LogP contribution in [-0.2, 0) is 9.84 Å². The van der Waals surface area contributed by atoms with Gasteiger partial charge in [0.15, 0.2) is 11.6 Å². The summed E-state index contributed by atoms with van der Waals surface area (Å²) in [4.78, 5) is 0. The van der Waals surface area contributed by atoms with Gasteiger partial charge in [-0.05, 0) is 13.8 Å². The van der Waals surface area contributed by atoms with Crippen LogP contribution in [0.25, 0.3) is 0 Å². The molecule has 0 radical (unpaired) electrons. The Morgan fingerprint density at radius 1 is 1.42 bits per heavy atom. The van der Waals surface area contributed by atoms with E-state index in [-0.39, 0.29) is 29.8 Å². The smallest absolute Gasteiger partial charge is 0.167 e. The first-order valence-electron chi connectivity index (χ1n) is 5.86. The number of nitrogens with two attached hydrogens (primary N) is 1. The maximum atomic E-state index is 13.6. The van der Waals surface area contributed by atoms with E-state index in [4.69, 9.17) is 10.5 Å². The lowest BCUT2D eigenvalue weighted by atomic mass is 10.2. The van der Waals surface area contributed by atoms with Crippen molar-refractivity contribution in [2.75, 3.05) is 29.6 Å². The fourth-order valence-electron chi connectivity index (χ4n) is 1.44. The summed E-state index contributed by atoms with van der Waals surface area (Å²) < 4.78 is 40.9. The molecule has 1 aromatic carbocycles. The van der Waals surface area contributed by atoms with Gasteiger partial charge in [-0.2, -0.15) is 0 Å². The second-order valence-electron chi connectivity index (χ2n) is 4.59. The molecule has 3 N–H and O–H groups in total. The molecule has 0 heterocycles. The number of hydrogen-bond acceptors (Lipinski definition) is 5. The van der Waals surface area contributed by atoms with Crippen molar-refractivity contribution in [3.63, 3.8) is 0 Å². The molecule has 0 amide bonds. The Morgan fingerprint density at radius 3 is 2.58 bits per heavy atom. The molecule has 1 aromatic rings. The van der Waals surface area contributed by atoms with Crippen molar-refractivity contribution in [3.8, 4) is 5.75 Å². The predicted molar refractivity (Wildman–Crippen MR) is 74.8 cm³/mol. The minimum atomic E-state index is -3.05. The average molecular weight is 290 g/mol. The van der Waals surface area contributed by atoms with Crippen LogP contribution in [0.2, 0.25) is 0 Å². The summed E-state index contributed by atoms with van der Waals surface area (Å²) in [5.41, 5.74) is 6.33. The average Bonchev–Trinajstić information content (AvgIpc) is 2.22. The molecule has 0 aliphatic rings. The van der Waals surface area contributed by atoms with Crippen molar-refractivity contribution >= 4 is 21.2 Å². The summed E-state index contributed by atoms with van der Waals surface area (Å²) >= 11 is 0. The van der Waals surface area contributed by atoms with Gasteiger partial charge < -0.3 is 15.8 Å². The summed E-state index contributed by atoms with van der Waals surface area (Å²) in [5, 5.41) is 2.86. The van der Waals surface area contributed by atoms with Gasteiger partial charge in [0, 0.05) is 24.9 Å². The Labute approximate surface area is 112 Å². The van der Waals surface area contributed by atoms with Crippen molar-refractivity contribution < 1.29 is 17.5 Å². The van der Waals surface area contributed by atoms with Crippen LogP contribution in [0.3, 0.4) is 0 Å². The van der Waals surface area contributed by atoms with Crippen LogP contribution in [0, 0.1) is 5.82 Å². The second-order valence-corrected chi connectivity index (χ2v) is 6.85. The van der Waals surface area contributed by atoms with E-state index >= 15 is 0 Å².